The second-order valence-electron chi connectivity index (χ2n) is 8.43. The Kier molecular flexibility index (Phi) is 8.95. The van der Waals surface area contributed by atoms with E-state index in [0.717, 1.165) is 5.56 Å². The molecule has 1 fully saturated rings. The van der Waals surface area contributed by atoms with Crippen LogP contribution in [0.5, 0.6) is 0 Å². The predicted octanol–water partition coefficient (Wildman–Crippen LogP) is 2.17. The summed E-state index contributed by atoms with van der Waals surface area (Å²) in [5, 5.41) is 7.67. The zero-order valence-electron chi connectivity index (χ0n) is 19.3. The Morgan fingerprint density at radius 2 is 1.76 bits per heavy atom. The number of methoxy groups -OCH3 is 1. The van der Waals surface area contributed by atoms with E-state index in [2.05, 4.69) is 0 Å². The number of esters is 1. The van der Waals surface area contributed by atoms with Crippen molar-refractivity contribution in [1.29, 1.82) is 5.41 Å². The molecule has 182 valence electrons. The van der Waals surface area contributed by atoms with Crippen LogP contribution >= 0.6 is 12.4 Å². The Bertz CT molecular complexity index is 1060. The van der Waals surface area contributed by atoms with Gasteiger partial charge in [0.15, 0.2) is 5.78 Å². The summed E-state index contributed by atoms with van der Waals surface area (Å²) in [4.78, 5) is 41.4. The first-order valence-corrected chi connectivity index (χ1v) is 10.9. The van der Waals surface area contributed by atoms with Gasteiger partial charge in [0, 0.05) is 23.6 Å². The maximum atomic E-state index is 13.7. The highest BCUT2D eigenvalue weighted by Crippen LogP contribution is 2.43. The smallest absolute Gasteiger partial charge is 0.321 e. The highest BCUT2D eigenvalue weighted by molar-refractivity contribution is 6.11. The number of nitrogens with zero attached hydrogens (tertiary/aromatic N) is 1. The van der Waals surface area contributed by atoms with Crippen LogP contribution in [0.4, 0.5) is 0 Å². The lowest BCUT2D eigenvalue weighted by Gasteiger charge is -2.28. The molecular formula is C25H31ClN4O4. The summed E-state index contributed by atoms with van der Waals surface area (Å²) in [6.07, 6.45) is 1.33. The van der Waals surface area contributed by atoms with Crippen molar-refractivity contribution >= 4 is 35.9 Å². The fraction of sp³-hybridized carbons (Fsp3) is 0.360. The quantitative estimate of drug-likeness (QED) is 0.163. The molecule has 1 unspecified atom stereocenters. The van der Waals surface area contributed by atoms with Gasteiger partial charge >= 0.3 is 5.97 Å². The fourth-order valence-electron chi connectivity index (χ4n) is 4.61. The highest BCUT2D eigenvalue weighted by Gasteiger charge is 2.62. The number of amidine groups is 1. The van der Waals surface area contributed by atoms with Crippen LogP contribution in [0.2, 0.25) is 0 Å². The number of rotatable bonds is 9. The van der Waals surface area contributed by atoms with E-state index in [-0.39, 0.29) is 30.6 Å². The number of amides is 1. The Labute approximate surface area is 205 Å². The third-order valence-electron chi connectivity index (χ3n) is 6.46. The minimum atomic E-state index is -1.56. The monoisotopic (exact) mass is 486 g/mol. The Morgan fingerprint density at radius 3 is 2.35 bits per heavy atom. The number of nitrogens with one attached hydrogen (secondary N) is 1. The van der Waals surface area contributed by atoms with Gasteiger partial charge in [-0.05, 0) is 37.9 Å². The lowest BCUT2D eigenvalue weighted by atomic mass is 9.75. The van der Waals surface area contributed by atoms with Crippen LogP contribution in [0.3, 0.4) is 0 Å². The molecule has 0 aliphatic carbocycles. The van der Waals surface area contributed by atoms with Gasteiger partial charge < -0.3 is 21.1 Å². The van der Waals surface area contributed by atoms with Crippen molar-refractivity contribution in [3.63, 3.8) is 0 Å². The molecule has 5 N–H and O–H groups in total. The number of carbonyl (C=O) groups is 3. The van der Waals surface area contributed by atoms with Crippen LogP contribution in [0.25, 0.3) is 0 Å². The molecule has 1 heterocycles. The van der Waals surface area contributed by atoms with Gasteiger partial charge in [-0.2, -0.15) is 0 Å². The topological polar surface area (TPSA) is 140 Å². The van der Waals surface area contributed by atoms with Gasteiger partial charge in [0.2, 0.25) is 5.91 Å². The Balaban J connectivity index is 0.00000408. The number of nitrogens with two attached hydrogens (primary N) is 2. The van der Waals surface area contributed by atoms with Crippen LogP contribution in [0.1, 0.15) is 34.8 Å². The highest BCUT2D eigenvalue weighted by atomic mass is 35.5. The summed E-state index contributed by atoms with van der Waals surface area (Å²) < 4.78 is 4.95. The average molecular weight is 487 g/mol. The molecule has 0 aromatic heterocycles. The molecule has 1 amide bonds. The van der Waals surface area contributed by atoms with Gasteiger partial charge in [0.1, 0.15) is 17.3 Å². The number of ether oxygens (including phenoxy) is 1. The third kappa shape index (κ3) is 4.98. The van der Waals surface area contributed by atoms with E-state index < -0.39 is 29.3 Å². The number of Topliss-reactive ketones (excluding diaryl/α,β-unsaturated/α-hetero) is 1. The lowest BCUT2D eigenvalue weighted by Crippen LogP contribution is -2.45. The molecule has 0 radical (unpaired) electrons. The number of hydrogen-bond acceptors (Lipinski definition) is 6. The van der Waals surface area contributed by atoms with Crippen molar-refractivity contribution in [3.05, 3.63) is 71.3 Å². The summed E-state index contributed by atoms with van der Waals surface area (Å²) in [5.41, 5.74) is 11.9. The van der Waals surface area contributed by atoms with Crippen LogP contribution in [-0.4, -0.2) is 54.6 Å². The van der Waals surface area contributed by atoms with Gasteiger partial charge in [-0.1, -0.05) is 48.5 Å². The zero-order valence-corrected chi connectivity index (χ0v) is 20.1. The molecule has 1 saturated heterocycles. The van der Waals surface area contributed by atoms with Gasteiger partial charge in [-0.15, -0.1) is 12.4 Å². The van der Waals surface area contributed by atoms with Crippen molar-refractivity contribution in [2.45, 2.75) is 25.8 Å². The molecule has 0 bridgehead atoms. The van der Waals surface area contributed by atoms with Crippen molar-refractivity contribution in [2.24, 2.45) is 22.8 Å². The molecule has 3 atom stereocenters. The second kappa shape index (κ2) is 11.3. The molecule has 1 aliphatic rings. The first-order valence-electron chi connectivity index (χ1n) is 10.9. The summed E-state index contributed by atoms with van der Waals surface area (Å²) in [6, 6.07) is 15.3. The van der Waals surface area contributed by atoms with Crippen molar-refractivity contribution in [3.8, 4) is 0 Å². The maximum absolute atomic E-state index is 13.7. The van der Waals surface area contributed by atoms with Crippen molar-refractivity contribution in [2.75, 3.05) is 20.2 Å². The van der Waals surface area contributed by atoms with Gasteiger partial charge in [-0.25, -0.2) is 0 Å². The van der Waals surface area contributed by atoms with Crippen LogP contribution in [0.15, 0.2) is 54.6 Å². The average Bonchev–Trinajstić information content (AvgIpc) is 3.05. The maximum Gasteiger partial charge on any atom is 0.321 e. The normalized spacial score (nSPS) is 21.6. The van der Waals surface area contributed by atoms with Gasteiger partial charge in [-0.3, -0.25) is 19.8 Å². The molecule has 9 heteroatoms. The van der Waals surface area contributed by atoms with Crippen LogP contribution < -0.4 is 11.5 Å². The van der Waals surface area contributed by atoms with E-state index in [1.807, 2.05) is 30.3 Å². The van der Waals surface area contributed by atoms with E-state index in [1.165, 1.54) is 25.0 Å². The van der Waals surface area contributed by atoms with E-state index in [1.54, 1.807) is 18.2 Å². The van der Waals surface area contributed by atoms with E-state index in [0.29, 0.717) is 30.5 Å². The van der Waals surface area contributed by atoms with Gasteiger partial charge in [0.25, 0.3) is 0 Å². The Hall–Kier alpha value is -3.23. The number of ketones is 1. The number of likely N-dealkylation sites (tertiary alicyclic amines) is 1. The first-order chi connectivity index (χ1) is 15.7. The number of carbonyl (C=O) groups excluding carboxylic acids is 3. The second-order valence-corrected chi connectivity index (χ2v) is 8.43. The number of benzene rings is 2. The minimum absolute atomic E-state index is 0. The number of halogens is 1. The predicted molar refractivity (Wildman–Crippen MR) is 132 cm³/mol. The summed E-state index contributed by atoms with van der Waals surface area (Å²) in [7, 11) is 1.22. The molecule has 2 aromatic rings. The first kappa shape index (κ1) is 27.0. The molecule has 8 nitrogen and oxygen atoms in total. The third-order valence-corrected chi connectivity index (χ3v) is 6.46. The largest absolute Gasteiger partial charge is 0.468 e. The molecule has 0 saturated carbocycles. The molecule has 0 spiro atoms. The van der Waals surface area contributed by atoms with Crippen LogP contribution in [-0.2, 0) is 20.7 Å². The van der Waals surface area contributed by atoms with Crippen molar-refractivity contribution < 1.29 is 19.1 Å². The summed E-state index contributed by atoms with van der Waals surface area (Å²) in [5.74, 6) is -2.43. The SMILES string of the molecule is COC(=O)[C@]1(C)C(=O)N(CCCc2ccccc2)[C@H](C(=O)c2cccc(C(=N)N)c2)C1CN.Cl. The summed E-state index contributed by atoms with van der Waals surface area (Å²) in [6.45, 7) is 1.75. The van der Waals surface area contributed by atoms with E-state index in [4.69, 9.17) is 21.6 Å². The number of nitrogen functional groups attached to an aromatic ring is 1. The molecule has 1 aliphatic heterocycles. The minimum Gasteiger partial charge on any atom is -0.468 e. The zero-order chi connectivity index (χ0) is 24.2. The Morgan fingerprint density at radius 1 is 1.12 bits per heavy atom. The van der Waals surface area contributed by atoms with E-state index in [9.17, 15) is 14.4 Å². The molecule has 3 rings (SSSR count). The van der Waals surface area contributed by atoms with Crippen molar-refractivity contribution in [1.82, 2.24) is 4.90 Å². The molecular weight excluding hydrogens is 456 g/mol. The summed E-state index contributed by atoms with van der Waals surface area (Å²) >= 11 is 0. The van der Waals surface area contributed by atoms with E-state index >= 15 is 0 Å². The number of hydrogen-bond donors (Lipinski definition) is 3. The number of aryl methyl sites for hydroxylation is 1. The standard InChI is InChI=1S/C25H30N4O4.ClH/c1-25(24(32)33-2)19(15-26)20(21(30)17-11-6-12-18(14-17)22(27)28)29(23(25)31)13-7-10-16-8-4-3-5-9-16;/h3-6,8-9,11-12,14,19-20H,7,10,13,15,26H2,1-2H3,(H3,27,28);1H/t19?,20-,25-;/m0./s1. The molecule has 34 heavy (non-hydrogen) atoms. The lowest BCUT2D eigenvalue weighted by molar-refractivity contribution is -0.159. The van der Waals surface area contributed by atoms with Gasteiger partial charge in [0.05, 0.1) is 7.11 Å². The molecule has 2 aromatic carbocycles. The fourth-order valence-corrected chi connectivity index (χ4v) is 4.61. The van der Waals surface area contributed by atoms with Crippen LogP contribution in [0, 0.1) is 16.7 Å².